The van der Waals surface area contributed by atoms with Gasteiger partial charge in [-0.1, -0.05) is 63.3 Å². The third-order valence-electron chi connectivity index (χ3n) is 9.35. The molecule has 1 N–H and O–H groups in total. The average molecular weight is 465 g/mol. The Hall–Kier alpha value is -2.24. The van der Waals surface area contributed by atoms with E-state index in [4.69, 9.17) is 9.47 Å². The van der Waals surface area contributed by atoms with Crippen molar-refractivity contribution < 1.29 is 24.2 Å². The molecular weight excluding hydrogens is 428 g/mol. The van der Waals surface area contributed by atoms with Crippen molar-refractivity contribution in [2.75, 3.05) is 0 Å². The van der Waals surface area contributed by atoms with E-state index in [0.717, 1.165) is 23.1 Å². The van der Waals surface area contributed by atoms with E-state index in [1.807, 2.05) is 56.3 Å². The summed E-state index contributed by atoms with van der Waals surface area (Å²) in [6.45, 7) is 12.0. The van der Waals surface area contributed by atoms with Crippen LogP contribution in [-0.4, -0.2) is 34.7 Å². The number of hydrogen-bond acceptors (Lipinski definition) is 5. The summed E-state index contributed by atoms with van der Waals surface area (Å²) in [6, 6.07) is 9.78. The Morgan fingerprint density at radius 2 is 1.79 bits per heavy atom. The molecule has 2 saturated carbocycles. The molecule has 1 spiro atoms. The molecule has 1 aromatic rings. The van der Waals surface area contributed by atoms with E-state index in [9.17, 15) is 14.7 Å². The number of fused-ring (bicyclic) bond motifs is 3. The van der Waals surface area contributed by atoms with E-state index in [-0.39, 0.29) is 35.6 Å². The number of carbonyl (C=O) groups excluding carboxylic acids is 2. The van der Waals surface area contributed by atoms with Gasteiger partial charge in [0.15, 0.2) is 17.5 Å². The molecule has 1 aromatic carbocycles. The summed E-state index contributed by atoms with van der Waals surface area (Å²) in [6.07, 6.45) is 3.05. The Labute approximate surface area is 202 Å². The summed E-state index contributed by atoms with van der Waals surface area (Å²) < 4.78 is 12.3. The molecule has 0 amide bonds. The fourth-order valence-electron chi connectivity index (χ4n) is 7.73. The van der Waals surface area contributed by atoms with Crippen molar-refractivity contribution in [3.63, 3.8) is 0 Å². The number of Topliss-reactive ketones (excluding diaryl/α,β-unsaturated/α-hetero) is 1. The van der Waals surface area contributed by atoms with Gasteiger partial charge in [0, 0.05) is 12.8 Å². The van der Waals surface area contributed by atoms with E-state index in [0.29, 0.717) is 5.92 Å². The Bertz CT molecular complexity index is 1080. The second-order valence-electron chi connectivity index (χ2n) is 11.6. The van der Waals surface area contributed by atoms with Crippen LogP contribution in [0.3, 0.4) is 0 Å². The number of aliphatic hydroxyl groups is 1. The molecule has 0 radical (unpaired) electrons. The highest BCUT2D eigenvalue weighted by Crippen LogP contribution is 2.71. The molecule has 4 aliphatic rings. The van der Waals surface area contributed by atoms with Crippen LogP contribution in [0, 0.1) is 34.5 Å². The Morgan fingerprint density at radius 1 is 1.12 bits per heavy atom. The number of allylic oxidation sites excluding steroid dienone is 1. The zero-order valence-electron chi connectivity index (χ0n) is 21.0. The number of ketones is 1. The largest absolute Gasteiger partial charge is 0.455 e. The summed E-state index contributed by atoms with van der Waals surface area (Å²) >= 11 is 0. The molecule has 0 aliphatic heterocycles. The van der Waals surface area contributed by atoms with E-state index >= 15 is 0 Å². The monoisotopic (exact) mass is 464 g/mol. The Kier molecular flexibility index (Phi) is 5.27. The molecule has 8 atom stereocenters. The molecule has 2 fully saturated rings. The van der Waals surface area contributed by atoms with Crippen LogP contribution in [0.15, 0.2) is 53.6 Å². The maximum Gasteiger partial charge on any atom is 0.303 e. The highest BCUT2D eigenvalue weighted by molar-refractivity contribution is 5.95. The van der Waals surface area contributed by atoms with Crippen molar-refractivity contribution in [2.45, 2.75) is 72.4 Å². The lowest BCUT2D eigenvalue weighted by molar-refractivity contribution is -0.211. The minimum absolute atomic E-state index is 0.0414. The van der Waals surface area contributed by atoms with Crippen molar-refractivity contribution >= 4 is 11.8 Å². The second kappa shape index (κ2) is 7.63. The molecule has 5 heteroatoms. The molecule has 0 saturated heterocycles. The first-order valence-corrected chi connectivity index (χ1v) is 12.4. The van der Waals surface area contributed by atoms with Gasteiger partial charge in [0.25, 0.3) is 0 Å². The maximum atomic E-state index is 14.5. The smallest absolute Gasteiger partial charge is 0.303 e. The molecule has 0 heterocycles. The highest BCUT2D eigenvalue weighted by Gasteiger charge is 2.76. The van der Waals surface area contributed by atoms with E-state index in [1.54, 1.807) is 0 Å². The lowest BCUT2D eigenvalue weighted by atomic mass is 9.59. The highest BCUT2D eigenvalue weighted by atomic mass is 16.6. The summed E-state index contributed by atoms with van der Waals surface area (Å²) in [7, 11) is 0. The first-order valence-electron chi connectivity index (χ1n) is 12.4. The number of ether oxygens (including phenoxy) is 2. The number of carbonyl (C=O) groups is 2. The molecule has 0 aromatic heterocycles. The van der Waals surface area contributed by atoms with E-state index < -0.39 is 29.2 Å². The lowest BCUT2D eigenvalue weighted by Gasteiger charge is -2.49. The van der Waals surface area contributed by atoms with Crippen LogP contribution in [0.5, 0.6) is 0 Å². The molecular formula is C29H36O5. The standard InChI is InChI=1S/C29H36O5/c1-16-12-21-23-22(27(23,5)6)13-18(3)28(24(21)31)14-17(2)25(29(28,32)26(16)34-19(4)30)33-15-20-10-8-7-9-11-20/h7-12,14,18,21-23,25-26,32H,13,15H2,1-6H3. The van der Waals surface area contributed by atoms with E-state index in [2.05, 4.69) is 20.8 Å². The van der Waals surface area contributed by atoms with Gasteiger partial charge >= 0.3 is 5.97 Å². The van der Waals surface area contributed by atoms with Gasteiger partial charge in [-0.3, -0.25) is 9.59 Å². The average Bonchev–Trinajstić information content (AvgIpc) is 3.25. The number of rotatable bonds is 4. The topological polar surface area (TPSA) is 72.8 Å². The minimum Gasteiger partial charge on any atom is -0.455 e. The summed E-state index contributed by atoms with van der Waals surface area (Å²) in [4.78, 5) is 26.7. The third-order valence-corrected chi connectivity index (χ3v) is 9.35. The number of hydrogen-bond donors (Lipinski definition) is 1. The second-order valence-corrected chi connectivity index (χ2v) is 11.6. The fourth-order valence-corrected chi connectivity index (χ4v) is 7.73. The van der Waals surface area contributed by atoms with Gasteiger partial charge in [0.05, 0.1) is 12.0 Å². The molecule has 5 rings (SSSR count). The maximum absolute atomic E-state index is 14.5. The molecule has 2 bridgehead atoms. The van der Waals surface area contributed by atoms with Crippen LogP contribution >= 0.6 is 0 Å². The summed E-state index contributed by atoms with van der Waals surface area (Å²) in [5.41, 5.74) is -0.298. The van der Waals surface area contributed by atoms with Crippen LogP contribution in [0.1, 0.15) is 53.5 Å². The molecule has 5 nitrogen and oxygen atoms in total. The van der Waals surface area contributed by atoms with Gasteiger partial charge in [0.2, 0.25) is 0 Å². The van der Waals surface area contributed by atoms with Crippen molar-refractivity contribution in [1.29, 1.82) is 0 Å². The van der Waals surface area contributed by atoms with Crippen molar-refractivity contribution in [1.82, 2.24) is 0 Å². The van der Waals surface area contributed by atoms with E-state index in [1.165, 1.54) is 6.92 Å². The van der Waals surface area contributed by atoms with Gasteiger partial charge in [-0.25, -0.2) is 0 Å². The van der Waals surface area contributed by atoms with Crippen LogP contribution in [0.4, 0.5) is 0 Å². The lowest BCUT2D eigenvalue weighted by Crippen LogP contribution is -2.66. The fraction of sp³-hybridized carbons (Fsp3) is 0.586. The minimum atomic E-state index is -1.72. The number of esters is 1. The Balaban J connectivity index is 1.65. The van der Waals surface area contributed by atoms with Gasteiger partial charge in [0.1, 0.15) is 6.10 Å². The van der Waals surface area contributed by atoms with Crippen molar-refractivity contribution in [3.8, 4) is 0 Å². The molecule has 8 unspecified atom stereocenters. The van der Waals surface area contributed by atoms with Crippen LogP contribution < -0.4 is 0 Å². The SMILES string of the molecule is CC(=O)OC1C(C)=CC2C(=O)C3(C=C(C)C(OCc4ccccc4)C13O)C(C)CC1C2C1(C)C. The van der Waals surface area contributed by atoms with Crippen molar-refractivity contribution in [3.05, 3.63) is 59.2 Å². The normalized spacial score (nSPS) is 41.9. The van der Waals surface area contributed by atoms with Gasteiger partial charge in [-0.15, -0.1) is 0 Å². The van der Waals surface area contributed by atoms with Crippen LogP contribution in [0.25, 0.3) is 0 Å². The van der Waals surface area contributed by atoms with Crippen molar-refractivity contribution in [2.24, 2.45) is 34.5 Å². The quantitative estimate of drug-likeness (QED) is 0.519. The summed E-state index contributed by atoms with van der Waals surface area (Å²) in [5.74, 6) is -0.218. The number of benzene rings is 1. The van der Waals surface area contributed by atoms with Gasteiger partial charge in [-0.05, 0) is 60.1 Å². The predicted molar refractivity (Wildman–Crippen MR) is 129 cm³/mol. The predicted octanol–water partition coefficient (Wildman–Crippen LogP) is 4.64. The Morgan fingerprint density at radius 3 is 2.44 bits per heavy atom. The molecule has 182 valence electrons. The van der Waals surface area contributed by atoms with Gasteiger partial charge < -0.3 is 14.6 Å². The first kappa shape index (κ1) is 23.5. The summed E-state index contributed by atoms with van der Waals surface area (Å²) in [5, 5.41) is 12.8. The molecule has 34 heavy (non-hydrogen) atoms. The van der Waals surface area contributed by atoms with Crippen LogP contribution in [-0.2, 0) is 25.7 Å². The zero-order valence-corrected chi connectivity index (χ0v) is 21.0. The van der Waals surface area contributed by atoms with Gasteiger partial charge in [-0.2, -0.15) is 0 Å². The first-order chi connectivity index (χ1) is 16.0. The zero-order chi connectivity index (χ0) is 24.6. The molecule has 4 aliphatic carbocycles. The third kappa shape index (κ3) is 2.99. The van der Waals surface area contributed by atoms with Crippen LogP contribution in [0.2, 0.25) is 0 Å².